The van der Waals surface area contributed by atoms with Gasteiger partial charge < -0.3 is 10.6 Å². The third kappa shape index (κ3) is 2.48. The quantitative estimate of drug-likeness (QED) is 0.745. The van der Waals surface area contributed by atoms with E-state index in [1.54, 1.807) is 0 Å². The lowest BCUT2D eigenvalue weighted by Crippen LogP contribution is -2.43. The predicted octanol–water partition coefficient (Wildman–Crippen LogP) is 1.76. The van der Waals surface area contributed by atoms with Crippen LogP contribution in [0.1, 0.15) is 11.6 Å². The SMILES string of the molecule is Cl.Fc1ccc(F)c([C@H]2CNCCN2)c1F. The zero-order valence-electron chi connectivity index (χ0n) is 8.40. The molecule has 1 heterocycles. The molecule has 0 radical (unpaired) electrons. The molecule has 0 saturated carbocycles. The second-order valence-corrected chi connectivity index (χ2v) is 3.47. The summed E-state index contributed by atoms with van der Waals surface area (Å²) in [5.74, 6) is -2.83. The van der Waals surface area contributed by atoms with Gasteiger partial charge in [-0.1, -0.05) is 0 Å². The van der Waals surface area contributed by atoms with Crippen molar-refractivity contribution in [1.82, 2.24) is 10.6 Å². The van der Waals surface area contributed by atoms with Crippen LogP contribution < -0.4 is 10.6 Å². The molecular weight excluding hydrogens is 241 g/mol. The summed E-state index contributed by atoms with van der Waals surface area (Å²) in [6, 6.07) is 1.24. The van der Waals surface area contributed by atoms with Gasteiger partial charge in [0.05, 0.1) is 6.04 Å². The molecule has 0 aromatic heterocycles. The van der Waals surface area contributed by atoms with Gasteiger partial charge in [-0.15, -0.1) is 12.4 Å². The molecule has 6 heteroatoms. The minimum atomic E-state index is -1.10. The Bertz CT molecular complexity index is 367. The summed E-state index contributed by atoms with van der Waals surface area (Å²) in [6.45, 7) is 1.76. The van der Waals surface area contributed by atoms with Crippen molar-refractivity contribution in [3.63, 3.8) is 0 Å². The van der Waals surface area contributed by atoms with Crippen molar-refractivity contribution >= 4 is 12.4 Å². The monoisotopic (exact) mass is 252 g/mol. The third-order valence-corrected chi connectivity index (χ3v) is 2.47. The molecule has 1 aliphatic heterocycles. The second kappa shape index (κ2) is 5.52. The number of hydrogen-bond donors (Lipinski definition) is 2. The van der Waals surface area contributed by atoms with Gasteiger partial charge in [0.25, 0.3) is 0 Å². The Morgan fingerprint density at radius 1 is 1.06 bits per heavy atom. The van der Waals surface area contributed by atoms with Gasteiger partial charge in [0.15, 0.2) is 11.6 Å². The summed E-state index contributed by atoms with van der Waals surface area (Å²) in [7, 11) is 0. The summed E-state index contributed by atoms with van der Waals surface area (Å²) in [5.41, 5.74) is -0.220. The molecule has 0 bridgehead atoms. The fourth-order valence-corrected chi connectivity index (χ4v) is 1.72. The van der Waals surface area contributed by atoms with Crippen molar-refractivity contribution in [2.24, 2.45) is 0 Å². The van der Waals surface area contributed by atoms with E-state index in [1.807, 2.05) is 0 Å². The lowest BCUT2D eigenvalue weighted by atomic mass is 10.0. The highest BCUT2D eigenvalue weighted by Gasteiger charge is 2.23. The number of piperazine rings is 1. The molecule has 1 saturated heterocycles. The van der Waals surface area contributed by atoms with Crippen LogP contribution in [0.5, 0.6) is 0 Å². The maximum absolute atomic E-state index is 13.4. The van der Waals surface area contributed by atoms with E-state index < -0.39 is 23.5 Å². The van der Waals surface area contributed by atoms with Crippen LogP contribution in [0.2, 0.25) is 0 Å². The van der Waals surface area contributed by atoms with Gasteiger partial charge in [-0.3, -0.25) is 0 Å². The van der Waals surface area contributed by atoms with Gasteiger partial charge in [0.2, 0.25) is 0 Å². The van der Waals surface area contributed by atoms with Crippen LogP contribution in [0.4, 0.5) is 13.2 Å². The Morgan fingerprint density at radius 3 is 2.38 bits per heavy atom. The Morgan fingerprint density at radius 2 is 1.75 bits per heavy atom. The van der Waals surface area contributed by atoms with Gasteiger partial charge in [0.1, 0.15) is 5.82 Å². The van der Waals surface area contributed by atoms with E-state index in [-0.39, 0.29) is 18.0 Å². The molecule has 0 aliphatic carbocycles. The highest BCUT2D eigenvalue weighted by atomic mass is 35.5. The molecule has 16 heavy (non-hydrogen) atoms. The predicted molar refractivity (Wildman–Crippen MR) is 57.2 cm³/mol. The van der Waals surface area contributed by atoms with Crippen LogP contribution in [-0.2, 0) is 0 Å². The molecule has 90 valence electrons. The molecule has 1 fully saturated rings. The van der Waals surface area contributed by atoms with Crippen molar-refractivity contribution in [1.29, 1.82) is 0 Å². The molecule has 0 amide bonds. The summed E-state index contributed by atoms with van der Waals surface area (Å²) >= 11 is 0. The number of halogens is 4. The van der Waals surface area contributed by atoms with Crippen LogP contribution >= 0.6 is 12.4 Å². The number of benzene rings is 1. The van der Waals surface area contributed by atoms with Gasteiger partial charge >= 0.3 is 0 Å². The molecule has 0 unspecified atom stereocenters. The lowest BCUT2D eigenvalue weighted by Gasteiger charge is -2.25. The van der Waals surface area contributed by atoms with E-state index in [2.05, 4.69) is 10.6 Å². The van der Waals surface area contributed by atoms with Gasteiger partial charge in [0, 0.05) is 25.2 Å². The molecule has 2 rings (SSSR count). The Labute approximate surface area is 97.6 Å². The normalized spacial score (nSPS) is 20.3. The van der Waals surface area contributed by atoms with E-state index in [0.29, 0.717) is 13.1 Å². The number of hydrogen-bond acceptors (Lipinski definition) is 2. The van der Waals surface area contributed by atoms with Crippen molar-refractivity contribution in [2.45, 2.75) is 6.04 Å². The average molecular weight is 253 g/mol. The summed E-state index contributed by atoms with van der Waals surface area (Å²) in [5, 5.41) is 5.92. The Balaban J connectivity index is 0.00000128. The second-order valence-electron chi connectivity index (χ2n) is 3.47. The molecule has 1 aliphatic rings. The van der Waals surface area contributed by atoms with E-state index in [0.717, 1.165) is 18.7 Å². The van der Waals surface area contributed by atoms with Gasteiger partial charge in [-0.25, -0.2) is 13.2 Å². The molecule has 0 spiro atoms. The molecular formula is C10H12ClF3N2. The summed E-state index contributed by atoms with van der Waals surface area (Å²) in [4.78, 5) is 0. The first kappa shape index (κ1) is 13.3. The van der Waals surface area contributed by atoms with Crippen LogP contribution in [0.25, 0.3) is 0 Å². The van der Waals surface area contributed by atoms with Gasteiger partial charge in [-0.05, 0) is 12.1 Å². The third-order valence-electron chi connectivity index (χ3n) is 2.47. The topological polar surface area (TPSA) is 24.1 Å². The number of nitrogens with one attached hydrogen (secondary N) is 2. The first-order valence-electron chi connectivity index (χ1n) is 4.77. The fraction of sp³-hybridized carbons (Fsp3) is 0.400. The summed E-state index contributed by atoms with van der Waals surface area (Å²) < 4.78 is 39.6. The van der Waals surface area contributed by atoms with E-state index in [1.165, 1.54) is 0 Å². The average Bonchev–Trinajstić information content (AvgIpc) is 2.26. The smallest absolute Gasteiger partial charge is 0.166 e. The van der Waals surface area contributed by atoms with Gasteiger partial charge in [-0.2, -0.15) is 0 Å². The largest absolute Gasteiger partial charge is 0.314 e. The molecule has 2 N–H and O–H groups in total. The maximum Gasteiger partial charge on any atom is 0.166 e. The highest BCUT2D eigenvalue weighted by molar-refractivity contribution is 5.85. The zero-order chi connectivity index (χ0) is 10.8. The van der Waals surface area contributed by atoms with E-state index in [4.69, 9.17) is 0 Å². The summed E-state index contributed by atoms with van der Waals surface area (Å²) in [6.07, 6.45) is 0. The van der Waals surface area contributed by atoms with Crippen molar-refractivity contribution < 1.29 is 13.2 Å². The first-order chi connectivity index (χ1) is 7.20. The molecule has 1 aromatic carbocycles. The molecule has 1 atom stereocenters. The minimum Gasteiger partial charge on any atom is -0.314 e. The van der Waals surface area contributed by atoms with Crippen molar-refractivity contribution in [2.75, 3.05) is 19.6 Å². The fourth-order valence-electron chi connectivity index (χ4n) is 1.72. The number of rotatable bonds is 1. The van der Waals surface area contributed by atoms with Crippen LogP contribution in [0.15, 0.2) is 12.1 Å². The van der Waals surface area contributed by atoms with Crippen LogP contribution in [0, 0.1) is 17.5 Å². The van der Waals surface area contributed by atoms with Crippen molar-refractivity contribution in [3.05, 3.63) is 35.1 Å². The molecule has 2 nitrogen and oxygen atoms in total. The standard InChI is InChI=1S/C10H11F3N2.ClH/c11-6-1-2-7(12)10(13)9(6)8-5-14-3-4-15-8;/h1-2,8,14-15H,3-5H2;1H/t8-;/m1./s1. The lowest BCUT2D eigenvalue weighted by molar-refractivity contribution is 0.389. The Hall–Kier alpha value is -0.780. The minimum absolute atomic E-state index is 0. The van der Waals surface area contributed by atoms with Crippen LogP contribution in [-0.4, -0.2) is 19.6 Å². The Kier molecular flexibility index (Phi) is 4.58. The van der Waals surface area contributed by atoms with Crippen molar-refractivity contribution in [3.8, 4) is 0 Å². The van der Waals surface area contributed by atoms with E-state index >= 15 is 0 Å². The maximum atomic E-state index is 13.4. The molecule has 1 aromatic rings. The van der Waals surface area contributed by atoms with Crippen LogP contribution in [0.3, 0.4) is 0 Å². The van der Waals surface area contributed by atoms with E-state index in [9.17, 15) is 13.2 Å². The highest BCUT2D eigenvalue weighted by Crippen LogP contribution is 2.23. The zero-order valence-corrected chi connectivity index (χ0v) is 9.21. The first-order valence-corrected chi connectivity index (χ1v) is 4.77.